The molecule has 2 aromatic rings. The summed E-state index contributed by atoms with van der Waals surface area (Å²) in [6, 6.07) is 9.33. The highest BCUT2D eigenvalue weighted by Gasteiger charge is 2.27. The second kappa shape index (κ2) is 8.29. The largest absolute Gasteiger partial charge is 0.485 e. The molecule has 0 radical (unpaired) electrons. The fourth-order valence-corrected chi connectivity index (χ4v) is 3.43. The Balaban J connectivity index is 1.51. The number of nitrogens with one attached hydrogen (secondary N) is 1. The standard InChI is InChI=1S/C21H25NO5/c1-13-3-9-18(14(2)11-13)26-12-17-8-10-19(27-17)20(23)22-16-6-4-15(5-7-16)21(24)25/h3,8-11,15-16H,4-7,12H2,1-2H3,(H,22,23)(H,24,25). The van der Waals surface area contributed by atoms with E-state index in [4.69, 9.17) is 14.3 Å². The van der Waals surface area contributed by atoms with Gasteiger partial charge in [-0.15, -0.1) is 0 Å². The second-order valence-electron chi connectivity index (χ2n) is 7.18. The SMILES string of the molecule is Cc1ccc(OCc2ccc(C(=O)NC3CCC(C(=O)O)CC3)o2)c(C)c1. The molecule has 1 aromatic carbocycles. The predicted molar refractivity (Wildman–Crippen MR) is 99.8 cm³/mol. The Morgan fingerprint density at radius 2 is 1.89 bits per heavy atom. The maximum Gasteiger partial charge on any atom is 0.306 e. The number of carboxylic acid groups (broad SMARTS) is 1. The van der Waals surface area contributed by atoms with Crippen molar-refractivity contribution in [1.82, 2.24) is 5.32 Å². The Morgan fingerprint density at radius 3 is 2.56 bits per heavy atom. The van der Waals surface area contributed by atoms with Crippen LogP contribution in [0.5, 0.6) is 5.75 Å². The molecule has 0 spiro atoms. The van der Waals surface area contributed by atoms with Gasteiger partial charge < -0.3 is 19.6 Å². The Hall–Kier alpha value is -2.76. The van der Waals surface area contributed by atoms with Gasteiger partial charge in [0.05, 0.1) is 5.92 Å². The van der Waals surface area contributed by atoms with Gasteiger partial charge in [0.25, 0.3) is 5.91 Å². The van der Waals surface area contributed by atoms with Crippen molar-refractivity contribution in [3.63, 3.8) is 0 Å². The maximum absolute atomic E-state index is 12.3. The van der Waals surface area contributed by atoms with Crippen LogP contribution in [0.2, 0.25) is 0 Å². The monoisotopic (exact) mass is 371 g/mol. The van der Waals surface area contributed by atoms with Gasteiger partial charge >= 0.3 is 5.97 Å². The molecular formula is C21H25NO5. The van der Waals surface area contributed by atoms with E-state index in [0.717, 1.165) is 11.3 Å². The third-order valence-electron chi connectivity index (χ3n) is 5.00. The number of hydrogen-bond donors (Lipinski definition) is 2. The van der Waals surface area contributed by atoms with Crippen molar-refractivity contribution < 1.29 is 23.8 Å². The number of ether oxygens (including phenoxy) is 1. The Bertz CT molecular complexity index is 818. The average Bonchev–Trinajstić information content (AvgIpc) is 3.10. The van der Waals surface area contributed by atoms with Gasteiger partial charge in [-0.05, 0) is 63.3 Å². The van der Waals surface area contributed by atoms with Crippen LogP contribution in [0.25, 0.3) is 0 Å². The number of amides is 1. The maximum atomic E-state index is 12.3. The molecule has 1 heterocycles. The minimum Gasteiger partial charge on any atom is -0.485 e. The summed E-state index contributed by atoms with van der Waals surface area (Å²) >= 11 is 0. The molecule has 1 aliphatic carbocycles. The van der Waals surface area contributed by atoms with Crippen LogP contribution in [0.15, 0.2) is 34.7 Å². The van der Waals surface area contributed by atoms with E-state index in [0.29, 0.717) is 31.4 Å². The normalized spacial score (nSPS) is 19.5. The van der Waals surface area contributed by atoms with E-state index in [1.807, 2.05) is 26.0 Å². The first kappa shape index (κ1) is 19.0. The van der Waals surface area contributed by atoms with Crippen molar-refractivity contribution in [2.45, 2.75) is 52.2 Å². The van der Waals surface area contributed by atoms with E-state index in [2.05, 4.69) is 11.4 Å². The second-order valence-corrected chi connectivity index (χ2v) is 7.18. The van der Waals surface area contributed by atoms with E-state index in [1.54, 1.807) is 12.1 Å². The molecule has 1 fully saturated rings. The molecule has 1 aliphatic rings. The molecule has 27 heavy (non-hydrogen) atoms. The summed E-state index contributed by atoms with van der Waals surface area (Å²) in [5.74, 6) is 0.295. The molecule has 0 atom stereocenters. The van der Waals surface area contributed by atoms with Crippen LogP contribution >= 0.6 is 0 Å². The summed E-state index contributed by atoms with van der Waals surface area (Å²) in [5, 5.41) is 12.0. The van der Waals surface area contributed by atoms with Crippen molar-refractivity contribution >= 4 is 11.9 Å². The van der Waals surface area contributed by atoms with Crippen molar-refractivity contribution in [2.24, 2.45) is 5.92 Å². The lowest BCUT2D eigenvalue weighted by Gasteiger charge is -2.26. The van der Waals surface area contributed by atoms with Crippen LogP contribution in [0.1, 0.15) is 53.1 Å². The number of aryl methyl sites for hydroxylation is 2. The molecule has 1 saturated carbocycles. The number of furan rings is 1. The van der Waals surface area contributed by atoms with Crippen LogP contribution in [-0.4, -0.2) is 23.0 Å². The van der Waals surface area contributed by atoms with Gasteiger partial charge in [0.1, 0.15) is 18.1 Å². The zero-order valence-electron chi connectivity index (χ0n) is 15.7. The highest BCUT2D eigenvalue weighted by atomic mass is 16.5. The first-order valence-corrected chi connectivity index (χ1v) is 9.25. The first-order valence-electron chi connectivity index (χ1n) is 9.25. The quantitative estimate of drug-likeness (QED) is 0.805. The van der Waals surface area contributed by atoms with Gasteiger partial charge in [-0.25, -0.2) is 0 Å². The summed E-state index contributed by atoms with van der Waals surface area (Å²) < 4.78 is 11.4. The van der Waals surface area contributed by atoms with E-state index in [-0.39, 0.29) is 30.2 Å². The number of carboxylic acids is 1. The summed E-state index contributed by atoms with van der Waals surface area (Å²) in [4.78, 5) is 23.3. The zero-order valence-corrected chi connectivity index (χ0v) is 15.7. The fraction of sp³-hybridized carbons (Fsp3) is 0.429. The molecule has 2 N–H and O–H groups in total. The number of hydrogen-bond acceptors (Lipinski definition) is 4. The number of carbonyl (C=O) groups excluding carboxylic acids is 1. The van der Waals surface area contributed by atoms with Gasteiger partial charge in [-0.2, -0.15) is 0 Å². The Morgan fingerprint density at radius 1 is 1.15 bits per heavy atom. The summed E-state index contributed by atoms with van der Waals surface area (Å²) in [7, 11) is 0. The lowest BCUT2D eigenvalue weighted by Crippen LogP contribution is -2.38. The van der Waals surface area contributed by atoms with Crippen molar-refractivity contribution in [1.29, 1.82) is 0 Å². The van der Waals surface area contributed by atoms with Gasteiger partial charge in [0, 0.05) is 6.04 Å². The molecule has 144 valence electrons. The van der Waals surface area contributed by atoms with Gasteiger partial charge in [0.15, 0.2) is 5.76 Å². The van der Waals surface area contributed by atoms with Crippen LogP contribution in [0.3, 0.4) is 0 Å². The molecule has 1 amide bonds. The minimum atomic E-state index is -0.751. The van der Waals surface area contributed by atoms with Crippen LogP contribution < -0.4 is 10.1 Å². The van der Waals surface area contributed by atoms with Crippen LogP contribution in [-0.2, 0) is 11.4 Å². The highest BCUT2D eigenvalue weighted by molar-refractivity contribution is 5.91. The topological polar surface area (TPSA) is 88.8 Å². The molecule has 1 aromatic heterocycles. The van der Waals surface area contributed by atoms with Crippen LogP contribution in [0.4, 0.5) is 0 Å². The van der Waals surface area contributed by atoms with Gasteiger partial charge in [-0.3, -0.25) is 9.59 Å². The van der Waals surface area contributed by atoms with Gasteiger partial charge in [-0.1, -0.05) is 17.7 Å². The predicted octanol–water partition coefficient (Wildman–Crippen LogP) is 3.85. The lowest BCUT2D eigenvalue weighted by molar-refractivity contribution is -0.142. The number of aliphatic carboxylic acids is 1. The first-order chi connectivity index (χ1) is 12.9. The number of benzene rings is 1. The summed E-state index contributed by atoms with van der Waals surface area (Å²) in [6.07, 6.45) is 2.53. The summed E-state index contributed by atoms with van der Waals surface area (Å²) in [6.45, 7) is 4.27. The number of rotatable bonds is 6. The van der Waals surface area contributed by atoms with Crippen molar-refractivity contribution in [3.8, 4) is 5.75 Å². The molecular weight excluding hydrogens is 346 g/mol. The smallest absolute Gasteiger partial charge is 0.306 e. The Labute approximate surface area is 158 Å². The van der Waals surface area contributed by atoms with E-state index < -0.39 is 5.97 Å². The van der Waals surface area contributed by atoms with Crippen molar-refractivity contribution in [2.75, 3.05) is 0 Å². The van der Waals surface area contributed by atoms with E-state index in [1.165, 1.54) is 5.56 Å². The third kappa shape index (κ3) is 4.90. The molecule has 0 aliphatic heterocycles. The van der Waals surface area contributed by atoms with E-state index >= 15 is 0 Å². The molecule has 3 rings (SSSR count). The summed E-state index contributed by atoms with van der Waals surface area (Å²) in [5.41, 5.74) is 2.23. The average molecular weight is 371 g/mol. The van der Waals surface area contributed by atoms with E-state index in [9.17, 15) is 9.59 Å². The zero-order chi connectivity index (χ0) is 19.4. The molecule has 0 bridgehead atoms. The lowest BCUT2D eigenvalue weighted by atomic mass is 9.86. The number of carbonyl (C=O) groups is 2. The Kier molecular flexibility index (Phi) is 5.84. The highest BCUT2D eigenvalue weighted by Crippen LogP contribution is 2.25. The van der Waals surface area contributed by atoms with Gasteiger partial charge in [0.2, 0.25) is 0 Å². The molecule has 6 nitrogen and oxygen atoms in total. The molecule has 6 heteroatoms. The minimum absolute atomic E-state index is 0.00638. The van der Waals surface area contributed by atoms with Crippen LogP contribution in [0, 0.1) is 19.8 Å². The third-order valence-corrected chi connectivity index (χ3v) is 5.00. The fourth-order valence-electron chi connectivity index (χ4n) is 3.43. The molecule has 0 saturated heterocycles. The van der Waals surface area contributed by atoms with Crippen molar-refractivity contribution in [3.05, 3.63) is 53.0 Å². The molecule has 0 unspecified atom stereocenters.